The highest BCUT2D eigenvalue weighted by molar-refractivity contribution is 4.92. The smallest absolute Gasteiger partial charge is 0.376 e. The summed E-state index contributed by atoms with van der Waals surface area (Å²) in [5.74, 6) is 0. The maximum Gasteiger partial charge on any atom is 0.391 e. The standard InChI is InChI=1S/C11H20F3NO/c1-10(2)5-3-4-8(9(10)15)16-7-6-11(12,13)14/h8-9H,3-7,15H2,1-2H3. The van der Waals surface area contributed by atoms with Gasteiger partial charge >= 0.3 is 6.18 Å². The van der Waals surface area contributed by atoms with Crippen molar-refractivity contribution in [2.45, 2.75) is 57.9 Å². The molecule has 2 nitrogen and oxygen atoms in total. The van der Waals surface area contributed by atoms with Crippen LogP contribution >= 0.6 is 0 Å². The third-order valence-electron chi connectivity index (χ3n) is 3.33. The molecule has 0 radical (unpaired) electrons. The molecule has 2 unspecified atom stereocenters. The number of halogens is 3. The van der Waals surface area contributed by atoms with Gasteiger partial charge in [-0.2, -0.15) is 13.2 Å². The molecule has 0 bridgehead atoms. The van der Waals surface area contributed by atoms with Crippen LogP contribution in [0.15, 0.2) is 0 Å². The molecular formula is C11H20F3NO. The van der Waals surface area contributed by atoms with Gasteiger partial charge in [0.25, 0.3) is 0 Å². The number of rotatable bonds is 3. The van der Waals surface area contributed by atoms with Crippen molar-refractivity contribution >= 4 is 0 Å². The Bertz CT molecular complexity index is 228. The molecule has 2 atom stereocenters. The Hall–Kier alpha value is -0.290. The predicted molar refractivity (Wildman–Crippen MR) is 56.0 cm³/mol. The summed E-state index contributed by atoms with van der Waals surface area (Å²) < 4.78 is 41.1. The molecule has 16 heavy (non-hydrogen) atoms. The number of nitrogens with two attached hydrogens (primary N) is 1. The molecule has 0 aromatic carbocycles. The number of ether oxygens (including phenoxy) is 1. The van der Waals surface area contributed by atoms with Gasteiger partial charge in [-0.1, -0.05) is 20.3 Å². The average Bonchev–Trinajstić information content (AvgIpc) is 2.10. The molecule has 0 amide bonds. The van der Waals surface area contributed by atoms with Crippen molar-refractivity contribution in [3.05, 3.63) is 0 Å². The van der Waals surface area contributed by atoms with E-state index >= 15 is 0 Å². The number of alkyl halides is 3. The zero-order valence-electron chi connectivity index (χ0n) is 9.81. The van der Waals surface area contributed by atoms with E-state index in [1.165, 1.54) is 0 Å². The lowest BCUT2D eigenvalue weighted by Crippen LogP contribution is -2.50. The lowest BCUT2D eigenvalue weighted by molar-refractivity contribution is -0.152. The maximum atomic E-state index is 11.9. The third-order valence-corrected chi connectivity index (χ3v) is 3.33. The lowest BCUT2D eigenvalue weighted by Gasteiger charge is -2.41. The van der Waals surface area contributed by atoms with Crippen molar-refractivity contribution in [3.8, 4) is 0 Å². The SMILES string of the molecule is CC1(C)CCCC(OCCC(F)(F)F)C1N. The Balaban J connectivity index is 2.37. The first-order valence-electron chi connectivity index (χ1n) is 5.66. The molecule has 0 saturated heterocycles. The van der Waals surface area contributed by atoms with Gasteiger partial charge in [0, 0.05) is 6.04 Å². The normalized spacial score (nSPS) is 30.4. The molecule has 0 heterocycles. The first-order valence-corrected chi connectivity index (χ1v) is 5.66. The fraction of sp³-hybridized carbons (Fsp3) is 1.00. The van der Waals surface area contributed by atoms with Crippen molar-refractivity contribution in [2.75, 3.05) is 6.61 Å². The van der Waals surface area contributed by atoms with E-state index in [-0.39, 0.29) is 24.2 Å². The summed E-state index contributed by atoms with van der Waals surface area (Å²) in [6.07, 6.45) is -2.52. The highest BCUT2D eigenvalue weighted by atomic mass is 19.4. The molecule has 1 fully saturated rings. The van der Waals surface area contributed by atoms with Crippen LogP contribution in [0.1, 0.15) is 39.5 Å². The Morgan fingerprint density at radius 2 is 2.00 bits per heavy atom. The summed E-state index contributed by atoms with van der Waals surface area (Å²) in [4.78, 5) is 0. The minimum Gasteiger partial charge on any atom is -0.376 e. The molecule has 2 N–H and O–H groups in total. The van der Waals surface area contributed by atoms with Gasteiger partial charge in [-0.05, 0) is 18.3 Å². The van der Waals surface area contributed by atoms with Crippen molar-refractivity contribution in [2.24, 2.45) is 11.1 Å². The van der Waals surface area contributed by atoms with Gasteiger partial charge in [-0.15, -0.1) is 0 Å². The largest absolute Gasteiger partial charge is 0.391 e. The van der Waals surface area contributed by atoms with E-state index in [4.69, 9.17) is 10.5 Å². The second kappa shape index (κ2) is 4.92. The van der Waals surface area contributed by atoms with Crippen LogP contribution in [0.2, 0.25) is 0 Å². The average molecular weight is 239 g/mol. The Labute approximate surface area is 94.3 Å². The molecule has 5 heteroatoms. The van der Waals surface area contributed by atoms with E-state index < -0.39 is 12.6 Å². The first kappa shape index (κ1) is 13.8. The Morgan fingerprint density at radius 3 is 2.56 bits per heavy atom. The lowest BCUT2D eigenvalue weighted by atomic mass is 9.72. The summed E-state index contributed by atoms with van der Waals surface area (Å²) in [5, 5.41) is 0. The number of hydrogen-bond donors (Lipinski definition) is 1. The maximum absolute atomic E-state index is 11.9. The topological polar surface area (TPSA) is 35.2 Å². The summed E-state index contributed by atoms with van der Waals surface area (Å²) in [7, 11) is 0. The van der Waals surface area contributed by atoms with Crippen LogP contribution in [0.25, 0.3) is 0 Å². The van der Waals surface area contributed by atoms with Crippen LogP contribution in [0, 0.1) is 5.41 Å². The predicted octanol–water partition coefficient (Wildman–Crippen LogP) is 2.86. The molecule has 1 aliphatic rings. The zero-order valence-corrected chi connectivity index (χ0v) is 9.81. The zero-order chi connectivity index (χ0) is 12.4. The van der Waals surface area contributed by atoms with Crippen molar-refractivity contribution in [1.82, 2.24) is 0 Å². The summed E-state index contributed by atoms with van der Waals surface area (Å²) in [6, 6.07) is -0.172. The van der Waals surface area contributed by atoms with E-state index in [9.17, 15) is 13.2 Å². The summed E-state index contributed by atoms with van der Waals surface area (Å²) in [5.41, 5.74) is 5.96. The highest BCUT2D eigenvalue weighted by Crippen LogP contribution is 2.35. The molecule has 0 aromatic heterocycles. The second-order valence-corrected chi connectivity index (χ2v) is 5.18. The fourth-order valence-corrected chi connectivity index (χ4v) is 2.12. The third kappa shape index (κ3) is 3.94. The molecule has 0 aromatic rings. The van der Waals surface area contributed by atoms with Crippen LogP contribution in [0.4, 0.5) is 13.2 Å². The Morgan fingerprint density at radius 1 is 1.38 bits per heavy atom. The molecular weight excluding hydrogens is 219 g/mol. The second-order valence-electron chi connectivity index (χ2n) is 5.18. The molecule has 1 saturated carbocycles. The van der Waals surface area contributed by atoms with Crippen LogP contribution in [0.5, 0.6) is 0 Å². The minimum absolute atomic E-state index is 0.0405. The fourth-order valence-electron chi connectivity index (χ4n) is 2.12. The molecule has 0 aliphatic heterocycles. The molecule has 1 rings (SSSR count). The molecule has 1 aliphatic carbocycles. The van der Waals surface area contributed by atoms with E-state index in [2.05, 4.69) is 0 Å². The van der Waals surface area contributed by atoms with Gasteiger partial charge in [-0.3, -0.25) is 0 Å². The van der Waals surface area contributed by atoms with E-state index in [1.54, 1.807) is 0 Å². The van der Waals surface area contributed by atoms with Crippen molar-refractivity contribution in [3.63, 3.8) is 0 Å². The highest BCUT2D eigenvalue weighted by Gasteiger charge is 2.37. The van der Waals surface area contributed by atoms with Crippen LogP contribution in [-0.2, 0) is 4.74 Å². The molecule has 96 valence electrons. The van der Waals surface area contributed by atoms with Crippen LogP contribution in [-0.4, -0.2) is 24.9 Å². The summed E-state index contributed by atoms with van der Waals surface area (Å²) >= 11 is 0. The van der Waals surface area contributed by atoms with E-state index in [1.807, 2.05) is 13.8 Å². The van der Waals surface area contributed by atoms with Gasteiger partial charge in [0.05, 0.1) is 19.1 Å². The van der Waals surface area contributed by atoms with Crippen LogP contribution in [0.3, 0.4) is 0 Å². The van der Waals surface area contributed by atoms with Crippen molar-refractivity contribution < 1.29 is 17.9 Å². The van der Waals surface area contributed by atoms with Crippen LogP contribution < -0.4 is 5.73 Å². The monoisotopic (exact) mass is 239 g/mol. The first-order chi connectivity index (χ1) is 7.22. The quantitative estimate of drug-likeness (QED) is 0.822. The summed E-state index contributed by atoms with van der Waals surface area (Å²) in [6.45, 7) is 3.80. The van der Waals surface area contributed by atoms with Gasteiger partial charge in [0.15, 0.2) is 0 Å². The van der Waals surface area contributed by atoms with Gasteiger partial charge in [0.2, 0.25) is 0 Å². The number of hydrogen-bond acceptors (Lipinski definition) is 2. The molecule has 0 spiro atoms. The Kier molecular flexibility index (Phi) is 4.23. The van der Waals surface area contributed by atoms with Gasteiger partial charge < -0.3 is 10.5 Å². The van der Waals surface area contributed by atoms with Gasteiger partial charge in [0.1, 0.15) is 0 Å². The van der Waals surface area contributed by atoms with Gasteiger partial charge in [-0.25, -0.2) is 0 Å². The minimum atomic E-state index is -4.14. The van der Waals surface area contributed by atoms with E-state index in [0.717, 1.165) is 19.3 Å². The van der Waals surface area contributed by atoms with Crippen molar-refractivity contribution in [1.29, 1.82) is 0 Å². The van der Waals surface area contributed by atoms with E-state index in [0.29, 0.717) is 0 Å².